The maximum Gasteiger partial charge on any atom is 0.136 e. The van der Waals surface area contributed by atoms with Gasteiger partial charge in [-0.2, -0.15) is 0 Å². The smallest absolute Gasteiger partial charge is 0.136 e. The first-order chi connectivity index (χ1) is 9.49. The maximum absolute atomic E-state index is 7.06. The molecule has 0 aromatic rings. The van der Waals surface area contributed by atoms with Crippen LogP contribution in [0.25, 0.3) is 0 Å². The number of rotatable bonds is 2. The largest absolute Gasteiger partial charge is 0.292 e. The Morgan fingerprint density at radius 2 is 1.77 bits per heavy atom. The van der Waals surface area contributed by atoms with E-state index in [1.165, 1.54) is 16.7 Å². The Balaban J connectivity index is 0.00000242. The van der Waals surface area contributed by atoms with Crippen LogP contribution in [0.4, 0.5) is 0 Å². The van der Waals surface area contributed by atoms with Crippen molar-refractivity contribution in [3.63, 3.8) is 0 Å². The second kappa shape index (κ2) is 6.90. The van der Waals surface area contributed by atoms with Crippen LogP contribution in [-0.2, 0) is 21.7 Å². The van der Waals surface area contributed by atoms with Crippen molar-refractivity contribution < 1.29 is 21.7 Å². The second-order valence-electron chi connectivity index (χ2n) is 7.34. The summed E-state index contributed by atoms with van der Waals surface area (Å²) in [5.41, 5.74) is 4.30. The molecule has 2 atom stereocenters. The zero-order valence-corrected chi connectivity index (χ0v) is 18.7. The molecule has 1 radical (unpaired) electrons. The van der Waals surface area contributed by atoms with Crippen molar-refractivity contribution in [2.75, 3.05) is 0 Å². The van der Waals surface area contributed by atoms with E-state index in [9.17, 15) is 0 Å². The van der Waals surface area contributed by atoms with Crippen molar-refractivity contribution in [3.8, 4) is 0 Å². The Bertz CT molecular complexity index is 559. The molecule has 1 aliphatic carbocycles. The van der Waals surface area contributed by atoms with Crippen molar-refractivity contribution in [1.29, 1.82) is 0 Å². The standard InChI is InChI=1S/C17H26Cl2NSi.Ti/c1-10-11(2)13(4)15(12(10)3)21-9-8-14(18)17(21,19)20-16(5,6)7;/h8,12,20H,9H2,1-7H3;. The average molecular weight is 391 g/mol. The monoisotopic (exact) mass is 390 g/mol. The van der Waals surface area contributed by atoms with E-state index in [-0.39, 0.29) is 27.3 Å². The minimum Gasteiger partial charge on any atom is -0.292 e. The van der Waals surface area contributed by atoms with Gasteiger partial charge in [0.25, 0.3) is 0 Å². The first kappa shape index (κ1) is 20.7. The summed E-state index contributed by atoms with van der Waals surface area (Å²) in [5, 5.41) is 5.93. The molecule has 5 heteroatoms. The Morgan fingerprint density at radius 3 is 2.18 bits per heavy atom. The topological polar surface area (TPSA) is 12.0 Å². The fourth-order valence-electron chi connectivity index (χ4n) is 3.42. The van der Waals surface area contributed by atoms with Crippen LogP contribution in [0, 0.1) is 5.92 Å². The maximum atomic E-state index is 7.06. The van der Waals surface area contributed by atoms with Crippen LogP contribution < -0.4 is 5.32 Å². The van der Waals surface area contributed by atoms with Crippen LogP contribution in [0.1, 0.15) is 48.5 Å². The van der Waals surface area contributed by atoms with E-state index in [1.807, 2.05) is 0 Å². The van der Waals surface area contributed by atoms with Crippen molar-refractivity contribution in [3.05, 3.63) is 33.0 Å². The third-order valence-corrected chi connectivity index (χ3v) is 9.72. The molecule has 0 aromatic heterocycles. The summed E-state index contributed by atoms with van der Waals surface area (Å²) >= 11 is 13.6. The molecule has 0 saturated carbocycles. The van der Waals surface area contributed by atoms with Gasteiger partial charge in [0, 0.05) is 32.3 Å². The molecule has 2 aliphatic rings. The van der Waals surface area contributed by atoms with Crippen molar-refractivity contribution in [1.82, 2.24) is 5.32 Å². The summed E-state index contributed by atoms with van der Waals surface area (Å²) in [5.74, 6) is 0.495. The molecule has 1 N–H and O–H groups in total. The van der Waals surface area contributed by atoms with Crippen molar-refractivity contribution >= 4 is 32.0 Å². The quantitative estimate of drug-likeness (QED) is 0.382. The van der Waals surface area contributed by atoms with Gasteiger partial charge < -0.3 is 0 Å². The number of alkyl halides is 1. The van der Waals surface area contributed by atoms with Crippen LogP contribution in [0.2, 0.25) is 6.04 Å². The molecule has 0 aromatic carbocycles. The Hall–Kier alpha value is 0.691. The molecule has 0 amide bonds. The van der Waals surface area contributed by atoms with Crippen LogP contribution in [0.5, 0.6) is 0 Å². The molecule has 0 fully saturated rings. The van der Waals surface area contributed by atoms with Crippen LogP contribution in [-0.4, -0.2) is 19.0 Å². The third kappa shape index (κ3) is 3.53. The molecular formula is C17H26Cl2NSiTi. The predicted molar refractivity (Wildman–Crippen MR) is 96.2 cm³/mol. The van der Waals surface area contributed by atoms with Crippen LogP contribution in [0.3, 0.4) is 0 Å². The predicted octanol–water partition coefficient (Wildman–Crippen LogP) is 5.32. The van der Waals surface area contributed by atoms with E-state index in [1.54, 1.807) is 5.20 Å². The molecule has 2 rings (SSSR count). The van der Waals surface area contributed by atoms with Gasteiger partial charge in [0.1, 0.15) is 13.4 Å². The zero-order valence-electron chi connectivity index (χ0n) is 14.6. The average Bonchev–Trinajstić information content (AvgIpc) is 2.71. The molecular weight excluding hydrogens is 365 g/mol. The van der Waals surface area contributed by atoms with E-state index >= 15 is 0 Å². The molecule has 1 aliphatic heterocycles. The molecule has 1 nitrogen and oxygen atoms in total. The van der Waals surface area contributed by atoms with Gasteiger partial charge in [0.05, 0.1) is 0 Å². The molecule has 121 valence electrons. The van der Waals surface area contributed by atoms with E-state index in [2.05, 4.69) is 59.9 Å². The normalized spacial score (nSPS) is 30.0. The van der Waals surface area contributed by atoms with Gasteiger partial charge in [-0.25, -0.2) is 0 Å². The molecule has 22 heavy (non-hydrogen) atoms. The first-order valence-electron chi connectivity index (χ1n) is 7.58. The summed E-state index contributed by atoms with van der Waals surface area (Å²) in [6.45, 7) is 15.5. The van der Waals surface area contributed by atoms with Crippen molar-refractivity contribution in [2.45, 2.75) is 64.7 Å². The molecule has 0 saturated heterocycles. The minimum atomic E-state index is -1.00. The molecule has 2 unspecified atom stereocenters. The van der Waals surface area contributed by atoms with E-state index in [4.69, 9.17) is 23.2 Å². The minimum absolute atomic E-state index is 0. The number of hydrogen-bond donors (Lipinski definition) is 1. The molecule has 0 spiro atoms. The Kier molecular flexibility index (Phi) is 6.50. The zero-order chi connectivity index (χ0) is 16.2. The third-order valence-electron chi connectivity index (χ3n) is 4.74. The van der Waals surface area contributed by atoms with Gasteiger partial charge in [-0.1, -0.05) is 52.5 Å². The summed E-state index contributed by atoms with van der Waals surface area (Å²) in [4.78, 5) is 0. The van der Waals surface area contributed by atoms with E-state index < -0.39 is 13.4 Å². The number of hydrogen-bond acceptors (Lipinski definition) is 1. The second-order valence-corrected chi connectivity index (χ2v) is 11.3. The van der Waals surface area contributed by atoms with Gasteiger partial charge >= 0.3 is 0 Å². The number of nitrogens with one attached hydrogen (secondary N) is 1. The Labute approximate surface area is 162 Å². The summed E-state index contributed by atoms with van der Waals surface area (Å²) in [7, 11) is -1.00. The molecule has 0 bridgehead atoms. The summed E-state index contributed by atoms with van der Waals surface area (Å²) < 4.78 is -0.583. The van der Waals surface area contributed by atoms with Gasteiger partial charge in [0.15, 0.2) is 0 Å². The van der Waals surface area contributed by atoms with E-state index in [0.29, 0.717) is 5.92 Å². The van der Waals surface area contributed by atoms with Gasteiger partial charge in [-0.15, -0.1) is 0 Å². The van der Waals surface area contributed by atoms with Gasteiger partial charge in [-0.05, 0) is 59.1 Å². The van der Waals surface area contributed by atoms with Crippen molar-refractivity contribution in [2.24, 2.45) is 5.92 Å². The number of halogens is 2. The summed E-state index contributed by atoms with van der Waals surface area (Å²) in [6, 6.07) is 1.01. The van der Waals surface area contributed by atoms with Gasteiger partial charge in [-0.3, -0.25) is 5.32 Å². The molecule has 1 heterocycles. The number of allylic oxidation sites excluding steroid dienone is 5. The van der Waals surface area contributed by atoms with Crippen LogP contribution >= 0.6 is 23.2 Å². The Morgan fingerprint density at radius 1 is 1.23 bits per heavy atom. The summed E-state index contributed by atoms with van der Waals surface area (Å²) in [6.07, 6.45) is 2.12. The van der Waals surface area contributed by atoms with E-state index in [0.717, 1.165) is 11.1 Å². The fourth-order valence-corrected chi connectivity index (χ4v) is 8.49. The van der Waals surface area contributed by atoms with Crippen LogP contribution in [0.15, 0.2) is 33.0 Å². The fraction of sp³-hybridized carbons (Fsp3) is 0.647. The first-order valence-corrected chi connectivity index (χ1v) is 10.0. The van der Waals surface area contributed by atoms with Gasteiger partial charge in [0.2, 0.25) is 0 Å². The SMILES string of the molecule is CC1=C(C)C(C)C([Si]2CC=C(Cl)C2(Cl)NC(C)(C)C)=C1C.[Ti].